The van der Waals surface area contributed by atoms with Gasteiger partial charge in [0.1, 0.15) is 23.0 Å². The number of nitrogens with two attached hydrogens (primary N) is 2. The molecule has 48 heavy (non-hydrogen) atoms. The number of carboxylic acid groups (broad SMARTS) is 2. The van der Waals surface area contributed by atoms with Gasteiger partial charge in [-0.2, -0.15) is 0 Å². The second-order valence-corrected chi connectivity index (χ2v) is 11.7. The van der Waals surface area contributed by atoms with Crippen LogP contribution >= 0.6 is 0 Å². The first-order valence-electron chi connectivity index (χ1n) is 15.2. The molecule has 1 aliphatic carbocycles. The number of benzene rings is 6. The van der Waals surface area contributed by atoms with Crippen molar-refractivity contribution < 1.29 is 29.3 Å². The molecule has 6 aromatic rings. The largest absolute Gasteiger partial charge is 0.478 e. The predicted molar refractivity (Wildman–Crippen MR) is 186 cm³/mol. The van der Waals surface area contributed by atoms with Crippen LogP contribution in [0.4, 0.5) is 11.4 Å². The van der Waals surface area contributed by atoms with Crippen molar-refractivity contribution in [2.45, 2.75) is 11.8 Å². The molecule has 0 fully saturated rings. The Hall–Kier alpha value is -6.54. The van der Waals surface area contributed by atoms with Gasteiger partial charge < -0.3 is 31.2 Å². The fourth-order valence-corrected chi connectivity index (χ4v) is 6.25. The number of rotatable bonds is 8. The maximum absolute atomic E-state index is 11.6. The summed E-state index contributed by atoms with van der Waals surface area (Å²) in [5.41, 5.74) is 15.8. The number of anilines is 2. The van der Waals surface area contributed by atoms with Crippen LogP contribution in [0.5, 0.6) is 23.0 Å². The minimum Gasteiger partial charge on any atom is -0.478 e. The number of ether oxygens (including phenoxy) is 2. The van der Waals surface area contributed by atoms with Crippen LogP contribution in [-0.4, -0.2) is 22.2 Å². The molecule has 8 nitrogen and oxygen atoms in total. The summed E-state index contributed by atoms with van der Waals surface area (Å²) < 4.78 is 12.0. The third-order valence-electron chi connectivity index (χ3n) is 8.74. The summed E-state index contributed by atoms with van der Waals surface area (Å²) in [5.74, 6) is -0.405. The summed E-state index contributed by atoms with van der Waals surface area (Å²) in [6.07, 6.45) is 5.10. The van der Waals surface area contributed by atoms with E-state index in [9.17, 15) is 19.8 Å². The van der Waals surface area contributed by atoms with Gasteiger partial charge in [0.15, 0.2) is 0 Å². The second-order valence-electron chi connectivity index (χ2n) is 11.7. The Labute approximate surface area is 276 Å². The standard InChI is InChI=1S/C40H30N2O6/c41-36-15-13-32(21-34(36)38(43)44)47-30-9-5-28(6-10-30)40(18-17-26-19-24-3-1-2-4-25(24)20-27(26)23-40)29-7-11-31(12-8-29)48-33-14-16-37(42)35(22-33)39(45)46/h1-22H,23,41-42H2,(H,43,44)(H,45,46). The molecule has 6 N–H and O–H groups in total. The molecule has 0 unspecified atom stereocenters. The molecule has 0 amide bonds. The molecule has 0 aliphatic heterocycles. The van der Waals surface area contributed by atoms with E-state index in [0.29, 0.717) is 29.4 Å². The summed E-state index contributed by atoms with van der Waals surface area (Å²) in [4.78, 5) is 23.1. The lowest BCUT2D eigenvalue weighted by Crippen LogP contribution is -2.30. The number of nitrogen functional groups attached to an aromatic ring is 2. The van der Waals surface area contributed by atoms with Gasteiger partial charge in [0.25, 0.3) is 0 Å². The molecule has 0 aromatic heterocycles. The maximum atomic E-state index is 11.6. The molecule has 0 saturated heterocycles. The molecule has 236 valence electrons. The lowest BCUT2D eigenvalue weighted by Gasteiger charge is -2.36. The third kappa shape index (κ3) is 5.67. The van der Waals surface area contributed by atoms with Gasteiger partial charge in [0.2, 0.25) is 0 Å². The quantitative estimate of drug-likeness (QED) is 0.122. The van der Waals surface area contributed by atoms with Crippen molar-refractivity contribution in [3.63, 3.8) is 0 Å². The van der Waals surface area contributed by atoms with Crippen molar-refractivity contribution in [2.75, 3.05) is 11.5 Å². The van der Waals surface area contributed by atoms with Gasteiger partial charge in [-0.25, -0.2) is 9.59 Å². The average molecular weight is 635 g/mol. The smallest absolute Gasteiger partial charge is 0.337 e. The van der Waals surface area contributed by atoms with E-state index in [1.54, 1.807) is 12.1 Å². The van der Waals surface area contributed by atoms with E-state index in [2.05, 4.69) is 36.4 Å². The van der Waals surface area contributed by atoms with E-state index in [-0.39, 0.29) is 22.5 Å². The Bertz CT molecular complexity index is 2130. The van der Waals surface area contributed by atoms with Gasteiger partial charge in [0.05, 0.1) is 11.1 Å². The molecule has 7 rings (SSSR count). The van der Waals surface area contributed by atoms with E-state index in [1.807, 2.05) is 60.7 Å². The second kappa shape index (κ2) is 12.0. The van der Waals surface area contributed by atoms with Gasteiger partial charge in [0, 0.05) is 16.8 Å². The Kier molecular flexibility index (Phi) is 7.53. The van der Waals surface area contributed by atoms with Crippen LogP contribution in [0.25, 0.3) is 16.8 Å². The molecule has 1 aliphatic rings. The Morgan fingerprint density at radius 2 is 1.04 bits per heavy atom. The lowest BCUT2D eigenvalue weighted by molar-refractivity contribution is 0.0687. The van der Waals surface area contributed by atoms with E-state index in [0.717, 1.165) is 11.1 Å². The minimum absolute atomic E-state index is 0.0206. The van der Waals surface area contributed by atoms with E-state index < -0.39 is 17.4 Å². The number of allylic oxidation sites excluding steroid dienone is 1. The number of aromatic carboxylic acids is 2. The lowest BCUT2D eigenvalue weighted by atomic mass is 9.67. The van der Waals surface area contributed by atoms with Crippen LogP contribution in [-0.2, 0) is 11.8 Å². The molecule has 0 heterocycles. The summed E-state index contributed by atoms with van der Waals surface area (Å²) in [6.45, 7) is 0. The molecular formula is C40H30N2O6. The number of hydrogen-bond donors (Lipinski definition) is 4. The van der Waals surface area contributed by atoms with Crippen LogP contribution in [0.2, 0.25) is 0 Å². The number of carboxylic acids is 2. The zero-order chi connectivity index (χ0) is 33.4. The first-order chi connectivity index (χ1) is 23.2. The molecule has 0 atom stereocenters. The molecule has 0 spiro atoms. The van der Waals surface area contributed by atoms with E-state index in [1.165, 1.54) is 46.2 Å². The highest BCUT2D eigenvalue weighted by molar-refractivity contribution is 5.94. The average Bonchev–Trinajstić information content (AvgIpc) is 3.09. The number of carbonyl (C=O) groups is 2. The predicted octanol–water partition coefficient (Wildman–Crippen LogP) is 8.54. The van der Waals surface area contributed by atoms with Gasteiger partial charge in [-0.3, -0.25) is 0 Å². The van der Waals surface area contributed by atoms with Crippen LogP contribution in [0.15, 0.2) is 127 Å². The summed E-state index contributed by atoms with van der Waals surface area (Å²) in [7, 11) is 0. The van der Waals surface area contributed by atoms with E-state index >= 15 is 0 Å². The fraction of sp³-hybridized carbons (Fsp3) is 0.0500. The number of fused-ring (bicyclic) bond motifs is 2. The fourth-order valence-electron chi connectivity index (χ4n) is 6.25. The highest BCUT2D eigenvalue weighted by Crippen LogP contribution is 2.44. The molecule has 0 radical (unpaired) electrons. The first kappa shape index (κ1) is 30.1. The maximum Gasteiger partial charge on any atom is 0.337 e. The van der Waals surface area contributed by atoms with E-state index in [4.69, 9.17) is 20.9 Å². The molecule has 8 heteroatoms. The molecule has 0 saturated carbocycles. The summed E-state index contributed by atoms with van der Waals surface area (Å²) in [6, 6.07) is 37.5. The SMILES string of the molecule is Nc1ccc(Oc2ccc(C3(c4ccc(Oc5ccc(N)c(C(=O)O)c5)cc4)C=Cc4cc5ccccc5cc4C3)cc2)cc1C(=O)O. The van der Waals surface area contributed by atoms with Crippen molar-refractivity contribution in [3.8, 4) is 23.0 Å². The van der Waals surface area contributed by atoms with Gasteiger partial charge >= 0.3 is 11.9 Å². The molecular weight excluding hydrogens is 604 g/mol. The van der Waals surface area contributed by atoms with Crippen LogP contribution < -0.4 is 20.9 Å². The number of hydrogen-bond acceptors (Lipinski definition) is 6. The zero-order valence-electron chi connectivity index (χ0n) is 25.6. The van der Waals surface area contributed by atoms with Crippen molar-refractivity contribution in [1.29, 1.82) is 0 Å². The van der Waals surface area contributed by atoms with Crippen LogP contribution in [0.3, 0.4) is 0 Å². The monoisotopic (exact) mass is 634 g/mol. The minimum atomic E-state index is -1.12. The van der Waals surface area contributed by atoms with Crippen LogP contribution in [0.1, 0.15) is 43.0 Å². The third-order valence-corrected chi connectivity index (χ3v) is 8.74. The highest BCUT2D eigenvalue weighted by Gasteiger charge is 2.35. The molecule has 6 aromatic carbocycles. The summed E-state index contributed by atoms with van der Waals surface area (Å²) in [5, 5.41) is 21.3. The normalized spacial score (nSPS) is 13.1. The highest BCUT2D eigenvalue weighted by atomic mass is 16.5. The zero-order valence-corrected chi connectivity index (χ0v) is 25.6. The van der Waals surface area contributed by atoms with Crippen molar-refractivity contribution >= 4 is 40.2 Å². The van der Waals surface area contributed by atoms with Crippen molar-refractivity contribution in [1.82, 2.24) is 0 Å². The molecule has 0 bridgehead atoms. The van der Waals surface area contributed by atoms with Gasteiger partial charge in [-0.05, 0) is 106 Å². The topological polar surface area (TPSA) is 145 Å². The summed E-state index contributed by atoms with van der Waals surface area (Å²) >= 11 is 0. The van der Waals surface area contributed by atoms with Crippen molar-refractivity contribution in [3.05, 3.63) is 161 Å². The van der Waals surface area contributed by atoms with Gasteiger partial charge in [-0.15, -0.1) is 0 Å². The van der Waals surface area contributed by atoms with Crippen molar-refractivity contribution in [2.24, 2.45) is 0 Å². The van der Waals surface area contributed by atoms with Gasteiger partial charge in [-0.1, -0.05) is 66.7 Å². The Morgan fingerprint density at radius 1 is 0.583 bits per heavy atom. The Balaban J connectivity index is 1.24. The van der Waals surface area contributed by atoms with Crippen LogP contribution in [0, 0.1) is 0 Å². The Morgan fingerprint density at radius 3 is 1.52 bits per heavy atom. The first-order valence-corrected chi connectivity index (χ1v) is 15.2.